The lowest BCUT2D eigenvalue weighted by atomic mass is 9.30. The third-order valence-electron chi connectivity index (χ3n) is 9.93. The van der Waals surface area contributed by atoms with Crippen LogP contribution in [0.15, 0.2) is 11.6 Å². The largest absolute Gasteiger partial charge is 0.481 e. The Kier molecular flexibility index (Phi) is 3.07. The van der Waals surface area contributed by atoms with Crippen LogP contribution in [0.3, 0.4) is 0 Å². The first-order valence-electron chi connectivity index (χ1n) is 10.4. The van der Waals surface area contributed by atoms with Gasteiger partial charge in [-0.25, -0.2) is 0 Å². The molecule has 0 radical (unpaired) electrons. The van der Waals surface area contributed by atoms with Crippen molar-refractivity contribution in [2.45, 2.75) is 59.3 Å². The van der Waals surface area contributed by atoms with Crippen LogP contribution in [0.4, 0.5) is 0 Å². The minimum Gasteiger partial charge on any atom is -0.481 e. The van der Waals surface area contributed by atoms with Gasteiger partial charge in [0.25, 0.3) is 0 Å². The number of fused-ring (bicyclic) bond motifs is 1. The zero-order valence-electron chi connectivity index (χ0n) is 16.0. The molecule has 4 fully saturated rings. The molecule has 0 aromatic rings. The first-order chi connectivity index (χ1) is 12.2. The second-order valence-electron chi connectivity index (χ2n) is 10.5. The van der Waals surface area contributed by atoms with Crippen molar-refractivity contribution in [1.29, 1.82) is 0 Å². The van der Waals surface area contributed by atoms with Gasteiger partial charge in [0.05, 0.1) is 11.3 Å². The van der Waals surface area contributed by atoms with Crippen LogP contribution in [0, 0.1) is 51.8 Å². The van der Waals surface area contributed by atoms with E-state index in [1.165, 1.54) is 5.57 Å². The maximum absolute atomic E-state index is 12.4. The molecule has 4 saturated carbocycles. The summed E-state index contributed by atoms with van der Waals surface area (Å²) in [6.45, 7) is 6.45. The van der Waals surface area contributed by atoms with E-state index in [0.717, 1.165) is 38.5 Å². The third kappa shape index (κ3) is 1.60. The first kappa shape index (κ1) is 16.8. The highest BCUT2D eigenvalue weighted by molar-refractivity contribution is 5.76. The average molecular weight is 358 g/mol. The third-order valence-corrected chi connectivity index (χ3v) is 9.93. The summed E-state index contributed by atoms with van der Waals surface area (Å²) in [6.07, 6.45) is 7.95. The lowest BCUT2D eigenvalue weighted by Gasteiger charge is -2.73. The van der Waals surface area contributed by atoms with Crippen LogP contribution in [0.5, 0.6) is 0 Å². The predicted molar refractivity (Wildman–Crippen MR) is 96.3 cm³/mol. The molecule has 4 heteroatoms. The minimum absolute atomic E-state index is 0.0524. The van der Waals surface area contributed by atoms with Crippen molar-refractivity contribution in [3.05, 3.63) is 11.6 Å². The summed E-state index contributed by atoms with van der Waals surface area (Å²) in [4.78, 5) is 24.5. The Morgan fingerprint density at radius 3 is 2.50 bits per heavy atom. The van der Waals surface area contributed by atoms with Crippen molar-refractivity contribution in [2.24, 2.45) is 51.8 Å². The molecule has 4 nitrogen and oxygen atoms in total. The average Bonchev–Trinajstić information content (AvgIpc) is 2.59. The van der Waals surface area contributed by atoms with Gasteiger partial charge < -0.3 is 10.2 Å². The van der Waals surface area contributed by atoms with Gasteiger partial charge in [-0.3, -0.25) is 9.59 Å². The number of rotatable bonds is 2. The van der Waals surface area contributed by atoms with Crippen molar-refractivity contribution in [3.8, 4) is 0 Å². The Labute approximate surface area is 155 Å². The zero-order valence-corrected chi connectivity index (χ0v) is 16.0. The van der Waals surface area contributed by atoms with E-state index in [-0.39, 0.29) is 22.7 Å². The Morgan fingerprint density at radius 1 is 1.12 bits per heavy atom. The fraction of sp³-hybridized carbons (Fsp3) is 0.818. The topological polar surface area (TPSA) is 74.6 Å². The van der Waals surface area contributed by atoms with E-state index in [4.69, 9.17) is 0 Å². The molecule has 7 aliphatic rings. The lowest BCUT2D eigenvalue weighted by Crippen LogP contribution is -2.69. The van der Waals surface area contributed by atoms with E-state index in [1.807, 2.05) is 6.92 Å². The van der Waals surface area contributed by atoms with Crippen LogP contribution < -0.4 is 0 Å². The van der Waals surface area contributed by atoms with Crippen LogP contribution in [0.2, 0.25) is 0 Å². The molecule has 1 spiro atoms. The second kappa shape index (κ2) is 4.74. The second-order valence-corrected chi connectivity index (χ2v) is 10.5. The molecule has 26 heavy (non-hydrogen) atoms. The summed E-state index contributed by atoms with van der Waals surface area (Å²) in [6, 6.07) is 0. The summed E-state index contributed by atoms with van der Waals surface area (Å²) < 4.78 is 0. The SMILES string of the molecule is CC1C2=CC34CCC5C(C)(C(=O)O)CCCC5(C)C3CC2C1C4C(=O)O. The normalized spacial score (nSPS) is 56.7. The zero-order chi connectivity index (χ0) is 18.6. The maximum Gasteiger partial charge on any atom is 0.309 e. The number of hydrogen-bond donors (Lipinski definition) is 2. The van der Waals surface area contributed by atoms with Crippen molar-refractivity contribution in [3.63, 3.8) is 0 Å². The van der Waals surface area contributed by atoms with E-state index in [2.05, 4.69) is 19.9 Å². The van der Waals surface area contributed by atoms with Gasteiger partial charge >= 0.3 is 11.9 Å². The van der Waals surface area contributed by atoms with Gasteiger partial charge in [-0.15, -0.1) is 0 Å². The molecule has 0 aromatic carbocycles. The van der Waals surface area contributed by atoms with Gasteiger partial charge in [-0.2, -0.15) is 0 Å². The molecule has 142 valence electrons. The smallest absolute Gasteiger partial charge is 0.309 e. The molecule has 0 saturated heterocycles. The number of carboxylic acid groups (broad SMARTS) is 2. The van der Waals surface area contributed by atoms with Crippen molar-refractivity contribution >= 4 is 11.9 Å². The first-order valence-corrected chi connectivity index (χ1v) is 10.4. The molecule has 9 atom stereocenters. The summed E-state index contributed by atoms with van der Waals surface area (Å²) in [7, 11) is 0. The van der Waals surface area contributed by atoms with Gasteiger partial charge in [0.1, 0.15) is 0 Å². The van der Waals surface area contributed by atoms with Crippen LogP contribution >= 0.6 is 0 Å². The Balaban J connectivity index is 1.63. The fourth-order valence-electron chi connectivity index (χ4n) is 8.92. The van der Waals surface area contributed by atoms with Crippen molar-refractivity contribution in [1.82, 2.24) is 0 Å². The summed E-state index contributed by atoms with van der Waals surface area (Å²) in [5.74, 6) is 0.109. The maximum atomic E-state index is 12.4. The lowest BCUT2D eigenvalue weighted by molar-refractivity contribution is -0.217. The Morgan fingerprint density at radius 2 is 1.85 bits per heavy atom. The standard InChI is InChI=1S/C22H30O4/c1-11-13-10-22-8-5-14-20(2,6-4-7-21(14,3)19(25)26)15(22)9-12(13)16(11)17(22)18(23)24/h10-12,14-17H,4-9H2,1-3H3,(H,23,24)(H,25,26). The molecule has 9 unspecified atom stereocenters. The van der Waals surface area contributed by atoms with Crippen LogP contribution in [0.25, 0.3) is 0 Å². The molecule has 0 amide bonds. The van der Waals surface area contributed by atoms with Crippen LogP contribution in [-0.4, -0.2) is 22.2 Å². The van der Waals surface area contributed by atoms with Gasteiger partial charge in [0, 0.05) is 5.41 Å². The monoisotopic (exact) mass is 358 g/mol. The molecular weight excluding hydrogens is 328 g/mol. The van der Waals surface area contributed by atoms with Crippen LogP contribution in [-0.2, 0) is 9.59 Å². The van der Waals surface area contributed by atoms with E-state index < -0.39 is 17.4 Å². The summed E-state index contributed by atoms with van der Waals surface area (Å²) >= 11 is 0. The highest BCUT2D eigenvalue weighted by Gasteiger charge is 2.73. The molecule has 7 aliphatic carbocycles. The minimum atomic E-state index is -0.659. The molecule has 0 heterocycles. The van der Waals surface area contributed by atoms with E-state index in [1.54, 1.807) is 0 Å². The van der Waals surface area contributed by atoms with E-state index >= 15 is 0 Å². The molecule has 2 N–H and O–H groups in total. The summed E-state index contributed by atoms with van der Waals surface area (Å²) in [5.41, 5.74) is 0.577. The molecule has 4 bridgehead atoms. The van der Waals surface area contributed by atoms with Crippen LogP contribution in [0.1, 0.15) is 59.3 Å². The number of carbonyl (C=O) groups is 2. The van der Waals surface area contributed by atoms with Gasteiger partial charge in [0.2, 0.25) is 0 Å². The molecule has 7 rings (SSSR count). The Bertz CT molecular complexity index is 740. The number of carboxylic acids is 2. The van der Waals surface area contributed by atoms with Gasteiger partial charge in [-0.1, -0.05) is 31.9 Å². The molecular formula is C22H30O4. The molecule has 0 aliphatic heterocycles. The van der Waals surface area contributed by atoms with Gasteiger partial charge in [-0.05, 0) is 74.0 Å². The van der Waals surface area contributed by atoms with E-state index in [0.29, 0.717) is 23.7 Å². The fourth-order valence-corrected chi connectivity index (χ4v) is 8.92. The van der Waals surface area contributed by atoms with E-state index in [9.17, 15) is 19.8 Å². The Hall–Kier alpha value is -1.32. The number of aliphatic carboxylic acids is 2. The van der Waals surface area contributed by atoms with Gasteiger partial charge in [0.15, 0.2) is 0 Å². The quantitative estimate of drug-likeness (QED) is 0.725. The van der Waals surface area contributed by atoms with Crippen molar-refractivity contribution < 1.29 is 19.8 Å². The highest BCUT2D eigenvalue weighted by Crippen LogP contribution is 2.77. The molecule has 0 aromatic heterocycles. The van der Waals surface area contributed by atoms with Crippen molar-refractivity contribution in [2.75, 3.05) is 0 Å². The highest BCUT2D eigenvalue weighted by atomic mass is 16.4. The number of hydrogen-bond acceptors (Lipinski definition) is 2. The summed E-state index contributed by atoms with van der Waals surface area (Å²) in [5, 5.41) is 20.1. The predicted octanol–water partition coefficient (Wildman–Crippen LogP) is 4.21. The number of allylic oxidation sites excluding steroid dienone is 2.